The van der Waals surface area contributed by atoms with Crippen LogP contribution in [-0.2, 0) is 0 Å². The minimum Gasteiger partial charge on any atom is -0.344 e. The molecule has 1 aliphatic heterocycles. The summed E-state index contributed by atoms with van der Waals surface area (Å²) in [5.41, 5.74) is 1.18. The first-order chi connectivity index (χ1) is 9.65. The summed E-state index contributed by atoms with van der Waals surface area (Å²) in [4.78, 5) is 9.85. The van der Waals surface area contributed by atoms with E-state index in [0.29, 0.717) is 12.1 Å². The van der Waals surface area contributed by atoms with Crippen LogP contribution in [-0.4, -0.2) is 49.2 Å². The van der Waals surface area contributed by atoms with Crippen molar-refractivity contribution in [2.45, 2.75) is 45.7 Å². The largest absolute Gasteiger partial charge is 0.344 e. The van der Waals surface area contributed by atoms with E-state index in [-0.39, 0.29) is 0 Å². The van der Waals surface area contributed by atoms with Crippen LogP contribution in [0, 0.1) is 0 Å². The fourth-order valence-corrected chi connectivity index (χ4v) is 3.88. The van der Waals surface area contributed by atoms with Crippen molar-refractivity contribution in [2.75, 3.05) is 38.1 Å². The van der Waals surface area contributed by atoms with Crippen LogP contribution in [0.4, 0.5) is 5.13 Å². The molecular formula is C15H28N4S. The summed E-state index contributed by atoms with van der Waals surface area (Å²) >= 11 is 1.80. The Morgan fingerprint density at radius 1 is 1.45 bits per heavy atom. The molecule has 2 atom stereocenters. The number of anilines is 1. The zero-order valence-corrected chi connectivity index (χ0v) is 14.0. The number of likely N-dealkylation sites (N-methyl/N-ethyl adjacent to an activating group) is 1. The highest BCUT2D eigenvalue weighted by Crippen LogP contribution is 2.27. The van der Waals surface area contributed by atoms with Crippen LogP contribution in [0.1, 0.15) is 45.3 Å². The molecule has 1 aromatic heterocycles. The Labute approximate surface area is 127 Å². The lowest BCUT2D eigenvalue weighted by molar-refractivity contribution is 0.328. The van der Waals surface area contributed by atoms with Crippen LogP contribution >= 0.6 is 11.3 Å². The highest BCUT2D eigenvalue weighted by atomic mass is 32.1. The number of hydrogen-bond acceptors (Lipinski definition) is 5. The highest BCUT2D eigenvalue weighted by molar-refractivity contribution is 7.13. The van der Waals surface area contributed by atoms with E-state index in [9.17, 15) is 0 Å². The number of nitrogens with one attached hydrogen (secondary N) is 1. The van der Waals surface area contributed by atoms with Crippen molar-refractivity contribution in [1.29, 1.82) is 0 Å². The van der Waals surface area contributed by atoms with E-state index < -0.39 is 0 Å². The summed E-state index contributed by atoms with van der Waals surface area (Å²) in [6, 6.07) is 0.940. The number of aromatic nitrogens is 1. The zero-order chi connectivity index (χ0) is 14.5. The van der Waals surface area contributed by atoms with Crippen molar-refractivity contribution in [2.24, 2.45) is 0 Å². The molecule has 0 saturated carbocycles. The minimum atomic E-state index is 0.347. The van der Waals surface area contributed by atoms with Crippen LogP contribution in [0.5, 0.6) is 0 Å². The summed E-state index contributed by atoms with van der Waals surface area (Å²) in [6.45, 7) is 11.1. The maximum absolute atomic E-state index is 4.88. The molecule has 1 aliphatic rings. The van der Waals surface area contributed by atoms with E-state index in [1.54, 1.807) is 11.3 Å². The molecule has 20 heavy (non-hydrogen) atoms. The minimum absolute atomic E-state index is 0.347. The molecule has 114 valence electrons. The number of nitrogens with zero attached hydrogens (tertiary/aromatic N) is 3. The molecule has 1 aromatic rings. The molecule has 0 aromatic carbocycles. The molecule has 0 radical (unpaired) electrons. The molecule has 1 saturated heterocycles. The molecule has 5 heteroatoms. The van der Waals surface area contributed by atoms with Gasteiger partial charge in [-0.05, 0) is 39.9 Å². The van der Waals surface area contributed by atoms with Gasteiger partial charge in [0.1, 0.15) is 0 Å². The third kappa shape index (κ3) is 3.71. The second-order valence-electron chi connectivity index (χ2n) is 5.71. The lowest BCUT2D eigenvalue weighted by Crippen LogP contribution is -2.39. The van der Waals surface area contributed by atoms with E-state index in [1.165, 1.54) is 30.2 Å². The average molecular weight is 296 g/mol. The first-order valence-corrected chi connectivity index (χ1v) is 8.67. The van der Waals surface area contributed by atoms with Gasteiger partial charge in [-0.25, -0.2) is 4.98 Å². The Morgan fingerprint density at radius 3 is 2.95 bits per heavy atom. The molecule has 0 spiro atoms. The van der Waals surface area contributed by atoms with E-state index >= 15 is 0 Å². The van der Waals surface area contributed by atoms with Crippen molar-refractivity contribution in [1.82, 2.24) is 15.2 Å². The predicted molar refractivity (Wildman–Crippen MR) is 87.7 cm³/mol. The van der Waals surface area contributed by atoms with Gasteiger partial charge in [0.2, 0.25) is 0 Å². The number of rotatable bonds is 5. The SMILES string of the molecule is CCNC(C)c1csc(N2CCCN(C)CC2CC)n1. The van der Waals surface area contributed by atoms with E-state index in [1.807, 2.05) is 0 Å². The molecule has 1 N–H and O–H groups in total. The van der Waals surface area contributed by atoms with Gasteiger partial charge in [0.25, 0.3) is 0 Å². The summed E-state index contributed by atoms with van der Waals surface area (Å²) in [7, 11) is 2.23. The van der Waals surface area contributed by atoms with Crippen molar-refractivity contribution in [3.8, 4) is 0 Å². The van der Waals surface area contributed by atoms with E-state index in [0.717, 1.165) is 19.6 Å². The monoisotopic (exact) mass is 296 g/mol. The summed E-state index contributed by atoms with van der Waals surface area (Å²) in [5.74, 6) is 0. The number of hydrogen-bond donors (Lipinski definition) is 1. The maximum Gasteiger partial charge on any atom is 0.185 e. The maximum atomic E-state index is 4.88. The molecule has 2 rings (SSSR count). The van der Waals surface area contributed by atoms with Crippen molar-refractivity contribution >= 4 is 16.5 Å². The second-order valence-corrected chi connectivity index (χ2v) is 6.54. The van der Waals surface area contributed by atoms with Gasteiger partial charge in [0.05, 0.1) is 5.69 Å². The summed E-state index contributed by atoms with van der Waals surface area (Å²) < 4.78 is 0. The fraction of sp³-hybridized carbons (Fsp3) is 0.800. The van der Waals surface area contributed by atoms with Crippen LogP contribution in [0.15, 0.2) is 5.38 Å². The van der Waals surface area contributed by atoms with Gasteiger partial charge in [-0.3, -0.25) is 0 Å². The van der Waals surface area contributed by atoms with E-state index in [2.05, 4.69) is 48.3 Å². The highest BCUT2D eigenvalue weighted by Gasteiger charge is 2.24. The van der Waals surface area contributed by atoms with Crippen LogP contribution < -0.4 is 10.2 Å². The van der Waals surface area contributed by atoms with Gasteiger partial charge in [0.15, 0.2) is 5.13 Å². The predicted octanol–water partition coefficient (Wildman–Crippen LogP) is 2.73. The standard InChI is InChI=1S/C15H28N4S/c1-5-13-10-18(4)8-7-9-19(13)15-17-14(11-20-15)12(3)16-6-2/h11-13,16H,5-10H2,1-4H3. The van der Waals surface area contributed by atoms with Gasteiger partial charge in [-0.15, -0.1) is 11.3 Å². The van der Waals surface area contributed by atoms with Crippen LogP contribution in [0.3, 0.4) is 0 Å². The molecule has 1 fully saturated rings. The zero-order valence-electron chi connectivity index (χ0n) is 13.2. The topological polar surface area (TPSA) is 31.4 Å². The number of thiazole rings is 1. The molecule has 0 amide bonds. The molecule has 0 bridgehead atoms. The molecule has 2 heterocycles. The summed E-state index contributed by atoms with van der Waals surface area (Å²) in [5, 5.41) is 6.85. The van der Waals surface area contributed by atoms with Gasteiger partial charge < -0.3 is 15.1 Å². The van der Waals surface area contributed by atoms with Gasteiger partial charge in [0, 0.05) is 30.6 Å². The van der Waals surface area contributed by atoms with Crippen molar-refractivity contribution in [3.63, 3.8) is 0 Å². The summed E-state index contributed by atoms with van der Waals surface area (Å²) in [6.07, 6.45) is 2.41. The van der Waals surface area contributed by atoms with Gasteiger partial charge in [-0.1, -0.05) is 13.8 Å². The Bertz CT molecular complexity index is 406. The van der Waals surface area contributed by atoms with Gasteiger partial charge in [-0.2, -0.15) is 0 Å². The Hall–Kier alpha value is -0.650. The lowest BCUT2D eigenvalue weighted by atomic mass is 10.2. The van der Waals surface area contributed by atoms with Gasteiger partial charge >= 0.3 is 0 Å². The third-order valence-corrected chi connectivity index (χ3v) is 4.98. The Balaban J connectivity index is 2.12. The first kappa shape index (κ1) is 15.7. The van der Waals surface area contributed by atoms with Crippen LogP contribution in [0.2, 0.25) is 0 Å². The molecule has 2 unspecified atom stereocenters. The van der Waals surface area contributed by atoms with Crippen molar-refractivity contribution < 1.29 is 0 Å². The quantitative estimate of drug-likeness (QED) is 0.905. The molecule has 4 nitrogen and oxygen atoms in total. The molecular weight excluding hydrogens is 268 g/mol. The lowest BCUT2D eigenvalue weighted by Gasteiger charge is -2.29. The normalized spacial score (nSPS) is 22.8. The van der Waals surface area contributed by atoms with E-state index in [4.69, 9.17) is 4.98 Å². The fourth-order valence-electron chi connectivity index (χ4n) is 2.86. The first-order valence-electron chi connectivity index (χ1n) is 7.79. The smallest absolute Gasteiger partial charge is 0.185 e. The Kier molecular flexibility index (Phi) is 5.81. The molecule has 0 aliphatic carbocycles. The average Bonchev–Trinajstić information content (AvgIpc) is 2.84. The third-order valence-electron chi connectivity index (χ3n) is 4.08. The second kappa shape index (κ2) is 7.38. The van der Waals surface area contributed by atoms with Crippen molar-refractivity contribution in [3.05, 3.63) is 11.1 Å². The Morgan fingerprint density at radius 2 is 2.25 bits per heavy atom. The van der Waals surface area contributed by atoms with Crippen LogP contribution in [0.25, 0.3) is 0 Å².